The summed E-state index contributed by atoms with van der Waals surface area (Å²) in [5.41, 5.74) is 5.37. The molecule has 0 atom stereocenters. The Morgan fingerprint density at radius 1 is 0.889 bits per heavy atom. The molecule has 1 heterocycles. The summed E-state index contributed by atoms with van der Waals surface area (Å²) in [6.45, 7) is 6.09. The summed E-state index contributed by atoms with van der Waals surface area (Å²) in [5.74, 6) is 0. The van der Waals surface area contributed by atoms with Gasteiger partial charge in [0.2, 0.25) is 0 Å². The Labute approximate surface area is 107 Å². The van der Waals surface area contributed by atoms with Crippen molar-refractivity contribution in [1.82, 2.24) is 4.98 Å². The van der Waals surface area contributed by atoms with Crippen molar-refractivity contribution in [3.63, 3.8) is 0 Å². The van der Waals surface area contributed by atoms with E-state index in [-0.39, 0.29) is 0 Å². The average molecular weight is 239 g/mol. The van der Waals surface area contributed by atoms with Gasteiger partial charge in [-0.25, -0.2) is 4.98 Å². The van der Waals surface area contributed by atoms with Crippen LogP contribution in [0.25, 0.3) is 22.2 Å². The van der Waals surface area contributed by atoms with E-state index in [0.717, 1.165) is 11.1 Å². The van der Waals surface area contributed by atoms with Crippen LogP contribution in [0.15, 0.2) is 53.3 Å². The van der Waals surface area contributed by atoms with Gasteiger partial charge in [-0.3, -0.25) is 0 Å². The molecule has 1 aromatic heterocycles. The smallest absolute Gasteiger partial charge is 0.181 e. The van der Waals surface area contributed by atoms with Gasteiger partial charge in [-0.05, 0) is 30.2 Å². The van der Waals surface area contributed by atoms with E-state index in [1.54, 1.807) is 0 Å². The predicted molar refractivity (Wildman–Crippen MR) is 75.5 cm³/mol. The zero-order valence-corrected chi connectivity index (χ0v) is 11.0. The third-order valence-electron chi connectivity index (χ3n) is 2.72. The van der Waals surface area contributed by atoms with Crippen LogP contribution in [0.4, 0.5) is 0 Å². The first-order chi connectivity index (χ1) is 8.83. The van der Waals surface area contributed by atoms with Gasteiger partial charge in [0.1, 0.15) is 5.52 Å². The summed E-state index contributed by atoms with van der Waals surface area (Å²) in [7, 11) is 0. The molecule has 0 fully saturated rings. The van der Waals surface area contributed by atoms with E-state index in [9.17, 15) is 0 Å². The third-order valence-corrected chi connectivity index (χ3v) is 2.72. The van der Waals surface area contributed by atoms with Crippen LogP contribution in [0, 0.1) is 6.92 Å². The van der Waals surface area contributed by atoms with Crippen molar-refractivity contribution in [2.75, 3.05) is 0 Å². The molecule has 2 heteroatoms. The molecule has 3 rings (SSSR count). The molecule has 2 aromatic carbocycles. The second kappa shape index (κ2) is 5.50. The number of fused-ring (bicyclic) bond motifs is 1. The Balaban J connectivity index is 0.000000574. The zero-order valence-electron chi connectivity index (χ0n) is 11.0. The van der Waals surface area contributed by atoms with E-state index in [1.165, 1.54) is 23.1 Å². The summed E-state index contributed by atoms with van der Waals surface area (Å²) < 4.78 is 5.22. The Hall–Kier alpha value is -2.09. The number of aromatic nitrogens is 1. The molecule has 18 heavy (non-hydrogen) atoms. The first-order valence-electron chi connectivity index (χ1n) is 6.23. The van der Waals surface area contributed by atoms with Crippen molar-refractivity contribution < 1.29 is 4.42 Å². The van der Waals surface area contributed by atoms with E-state index in [0.29, 0.717) is 0 Å². The lowest BCUT2D eigenvalue weighted by Gasteiger charge is -2.01. The highest BCUT2D eigenvalue weighted by Gasteiger charge is 2.01. The molecule has 0 bridgehead atoms. The molecule has 0 saturated carbocycles. The summed E-state index contributed by atoms with van der Waals surface area (Å²) >= 11 is 0. The van der Waals surface area contributed by atoms with E-state index in [2.05, 4.69) is 42.2 Å². The fourth-order valence-corrected chi connectivity index (χ4v) is 1.78. The molecule has 2 nitrogen and oxygen atoms in total. The second-order valence-corrected chi connectivity index (χ2v) is 3.90. The lowest BCUT2D eigenvalue weighted by Crippen LogP contribution is -1.78. The van der Waals surface area contributed by atoms with Crippen molar-refractivity contribution in [3.05, 3.63) is 54.4 Å². The molecule has 0 amide bonds. The fourth-order valence-electron chi connectivity index (χ4n) is 1.78. The maximum Gasteiger partial charge on any atom is 0.181 e. The monoisotopic (exact) mass is 239 g/mol. The van der Waals surface area contributed by atoms with Crippen molar-refractivity contribution in [1.29, 1.82) is 0 Å². The highest BCUT2D eigenvalue weighted by molar-refractivity contribution is 5.80. The minimum Gasteiger partial charge on any atom is -0.443 e. The Morgan fingerprint density at radius 2 is 1.56 bits per heavy atom. The van der Waals surface area contributed by atoms with Crippen molar-refractivity contribution in [2.45, 2.75) is 20.8 Å². The van der Waals surface area contributed by atoms with Crippen LogP contribution in [0.1, 0.15) is 19.4 Å². The van der Waals surface area contributed by atoms with E-state index in [4.69, 9.17) is 4.42 Å². The van der Waals surface area contributed by atoms with Gasteiger partial charge in [0, 0.05) is 0 Å². The van der Waals surface area contributed by atoms with Crippen LogP contribution in [-0.2, 0) is 0 Å². The highest BCUT2D eigenvalue weighted by Crippen LogP contribution is 2.23. The molecule has 3 aromatic rings. The quantitative estimate of drug-likeness (QED) is 0.608. The Bertz CT molecular complexity index is 623. The molecular formula is C16H17NO. The van der Waals surface area contributed by atoms with Crippen LogP contribution >= 0.6 is 0 Å². The number of rotatable bonds is 1. The number of hydrogen-bond donors (Lipinski definition) is 0. The van der Waals surface area contributed by atoms with Gasteiger partial charge >= 0.3 is 0 Å². The van der Waals surface area contributed by atoms with Gasteiger partial charge in [0.15, 0.2) is 12.0 Å². The average Bonchev–Trinajstić information content (AvgIpc) is 2.89. The number of nitrogens with zero attached hydrogens (tertiary/aromatic N) is 1. The van der Waals surface area contributed by atoms with Gasteiger partial charge in [-0.2, -0.15) is 0 Å². The first kappa shape index (κ1) is 12.4. The zero-order chi connectivity index (χ0) is 13.0. The van der Waals surface area contributed by atoms with Crippen LogP contribution < -0.4 is 0 Å². The number of hydrogen-bond acceptors (Lipinski definition) is 2. The molecule has 0 N–H and O–H groups in total. The third kappa shape index (κ3) is 2.43. The molecule has 0 aliphatic rings. The molecule has 0 radical (unpaired) electrons. The minimum absolute atomic E-state index is 0.830. The molecule has 92 valence electrons. The summed E-state index contributed by atoms with van der Waals surface area (Å²) in [5, 5.41) is 0. The lowest BCUT2D eigenvalue weighted by molar-refractivity contribution is 0.602. The van der Waals surface area contributed by atoms with Gasteiger partial charge in [0.05, 0.1) is 0 Å². The largest absolute Gasteiger partial charge is 0.443 e. The van der Waals surface area contributed by atoms with Crippen LogP contribution in [0.5, 0.6) is 0 Å². The number of aryl methyl sites for hydroxylation is 1. The molecule has 0 aliphatic heterocycles. The minimum atomic E-state index is 0.830. The van der Waals surface area contributed by atoms with Gasteiger partial charge in [-0.1, -0.05) is 49.7 Å². The summed E-state index contributed by atoms with van der Waals surface area (Å²) in [6.07, 6.45) is 1.48. The van der Waals surface area contributed by atoms with E-state index >= 15 is 0 Å². The SMILES string of the molecule is CC.Cc1ccc(-c2ccc3ocnc3c2)cc1. The second-order valence-electron chi connectivity index (χ2n) is 3.90. The topological polar surface area (TPSA) is 26.0 Å². The maximum atomic E-state index is 5.22. The first-order valence-corrected chi connectivity index (χ1v) is 6.23. The Kier molecular flexibility index (Phi) is 3.78. The van der Waals surface area contributed by atoms with Gasteiger partial charge in [-0.15, -0.1) is 0 Å². The predicted octanol–water partition coefficient (Wildman–Crippen LogP) is 4.83. The van der Waals surface area contributed by atoms with E-state index < -0.39 is 0 Å². The highest BCUT2D eigenvalue weighted by atomic mass is 16.3. The number of benzene rings is 2. The van der Waals surface area contributed by atoms with Crippen molar-refractivity contribution in [2.24, 2.45) is 0 Å². The molecule has 0 saturated heterocycles. The van der Waals surface area contributed by atoms with Gasteiger partial charge in [0.25, 0.3) is 0 Å². The molecular weight excluding hydrogens is 222 g/mol. The molecule has 0 spiro atoms. The summed E-state index contributed by atoms with van der Waals surface area (Å²) in [6, 6.07) is 14.5. The maximum absolute atomic E-state index is 5.22. The van der Waals surface area contributed by atoms with Crippen LogP contribution in [0.2, 0.25) is 0 Å². The van der Waals surface area contributed by atoms with Crippen molar-refractivity contribution in [3.8, 4) is 11.1 Å². The standard InChI is InChI=1S/C14H11NO.C2H6/c1-10-2-4-11(5-3-10)12-6-7-14-13(8-12)15-9-16-14;1-2/h2-9H,1H3;1-2H3. The lowest BCUT2D eigenvalue weighted by atomic mass is 10.0. The molecule has 0 unspecified atom stereocenters. The fraction of sp³-hybridized carbons (Fsp3) is 0.188. The molecule has 0 aliphatic carbocycles. The van der Waals surface area contributed by atoms with Crippen LogP contribution in [0.3, 0.4) is 0 Å². The van der Waals surface area contributed by atoms with Gasteiger partial charge < -0.3 is 4.42 Å². The van der Waals surface area contributed by atoms with Crippen LogP contribution in [-0.4, -0.2) is 4.98 Å². The number of oxazole rings is 1. The van der Waals surface area contributed by atoms with E-state index in [1.807, 2.05) is 26.0 Å². The Morgan fingerprint density at radius 3 is 2.28 bits per heavy atom. The normalized spacial score (nSPS) is 9.94. The van der Waals surface area contributed by atoms with Crippen molar-refractivity contribution >= 4 is 11.1 Å². The summed E-state index contributed by atoms with van der Waals surface area (Å²) in [4.78, 5) is 4.16.